The molecule has 2 fully saturated rings. The average Bonchev–Trinajstić information content (AvgIpc) is 3.02. The van der Waals surface area contributed by atoms with Gasteiger partial charge in [-0.15, -0.1) is 0 Å². The van der Waals surface area contributed by atoms with E-state index in [1.165, 1.54) is 0 Å². The summed E-state index contributed by atoms with van der Waals surface area (Å²) in [4.78, 5) is 36.5. The molecule has 2 aliphatic rings. The molecule has 0 spiro atoms. The Kier molecular flexibility index (Phi) is 9.75. The number of benzene rings is 2. The smallest absolute Gasteiger partial charge is 0.303 e. The minimum Gasteiger partial charge on any atom is -0.481 e. The fourth-order valence-electron chi connectivity index (χ4n) is 5.37. The molecule has 0 saturated carbocycles. The molecule has 42 heavy (non-hydrogen) atoms. The van der Waals surface area contributed by atoms with Crippen molar-refractivity contribution in [3.05, 3.63) is 83.7 Å². The van der Waals surface area contributed by atoms with Crippen molar-refractivity contribution in [1.82, 2.24) is 14.9 Å². The number of ether oxygens (including phenoxy) is 2. The minimum atomic E-state index is -1.02. The van der Waals surface area contributed by atoms with Crippen LogP contribution in [-0.2, 0) is 25.7 Å². The van der Waals surface area contributed by atoms with Crippen LogP contribution in [0.2, 0.25) is 0 Å². The third-order valence-corrected chi connectivity index (χ3v) is 7.78. The molecular weight excluding hydrogens is 538 g/mol. The molecule has 2 saturated heterocycles. The predicted octanol–water partition coefficient (Wildman–Crippen LogP) is 3.39. The maximum Gasteiger partial charge on any atom is 0.303 e. The number of amides is 1. The SMILES string of the molecule is C[C@H]1[C@@H](CN2CCN(c3ncccn3)CC2)O[C@@H](c2cccc(NC(=O)CCC(=O)O)c2)O[C@H]1c1ccc(CO)cc1. The summed E-state index contributed by atoms with van der Waals surface area (Å²) in [6.45, 7) is 6.18. The molecule has 0 bridgehead atoms. The summed E-state index contributed by atoms with van der Waals surface area (Å²) in [5, 5.41) is 21.2. The predicted molar refractivity (Wildman–Crippen MR) is 156 cm³/mol. The number of hydrogen-bond donors (Lipinski definition) is 3. The topological polar surface area (TPSA) is 137 Å². The molecule has 3 N–H and O–H groups in total. The molecule has 11 heteroatoms. The number of rotatable bonds is 10. The van der Waals surface area contributed by atoms with Crippen molar-refractivity contribution in [1.29, 1.82) is 0 Å². The number of nitrogens with zero attached hydrogens (tertiary/aromatic N) is 4. The Labute approximate surface area is 245 Å². The highest BCUT2D eigenvalue weighted by Gasteiger charge is 2.39. The van der Waals surface area contributed by atoms with E-state index in [0.717, 1.165) is 55.4 Å². The normalized spacial score (nSPS) is 23.0. The maximum atomic E-state index is 12.3. The van der Waals surface area contributed by atoms with Crippen molar-refractivity contribution < 1.29 is 29.3 Å². The zero-order valence-electron chi connectivity index (χ0n) is 23.6. The van der Waals surface area contributed by atoms with Gasteiger partial charge in [0.2, 0.25) is 11.9 Å². The highest BCUT2D eigenvalue weighted by atomic mass is 16.7. The molecule has 0 radical (unpaired) electrons. The van der Waals surface area contributed by atoms with Crippen molar-refractivity contribution >= 4 is 23.5 Å². The molecule has 11 nitrogen and oxygen atoms in total. The molecule has 0 aliphatic carbocycles. The molecule has 2 aliphatic heterocycles. The summed E-state index contributed by atoms with van der Waals surface area (Å²) >= 11 is 0. The number of piperazine rings is 1. The molecule has 5 rings (SSSR count). The monoisotopic (exact) mass is 575 g/mol. The quantitative estimate of drug-likeness (QED) is 0.330. The van der Waals surface area contributed by atoms with E-state index in [2.05, 4.69) is 32.0 Å². The van der Waals surface area contributed by atoms with Crippen molar-refractivity contribution in [2.75, 3.05) is 42.9 Å². The summed E-state index contributed by atoms with van der Waals surface area (Å²) in [5.41, 5.74) is 3.14. The second kappa shape index (κ2) is 13.8. The Morgan fingerprint density at radius 2 is 1.69 bits per heavy atom. The Morgan fingerprint density at radius 1 is 0.952 bits per heavy atom. The van der Waals surface area contributed by atoms with E-state index in [4.69, 9.17) is 14.6 Å². The van der Waals surface area contributed by atoms with Crippen LogP contribution in [0.5, 0.6) is 0 Å². The summed E-state index contributed by atoms with van der Waals surface area (Å²) in [6, 6.07) is 16.9. The molecule has 1 amide bonds. The first-order valence-corrected chi connectivity index (χ1v) is 14.3. The second-order valence-corrected chi connectivity index (χ2v) is 10.7. The molecule has 0 unspecified atom stereocenters. The van der Waals surface area contributed by atoms with E-state index >= 15 is 0 Å². The Bertz CT molecular complexity index is 1330. The number of nitrogens with one attached hydrogen (secondary N) is 1. The number of hydrogen-bond acceptors (Lipinski definition) is 9. The fourth-order valence-corrected chi connectivity index (χ4v) is 5.37. The largest absolute Gasteiger partial charge is 0.481 e. The van der Waals surface area contributed by atoms with Crippen LogP contribution in [0.1, 0.15) is 48.8 Å². The molecule has 3 heterocycles. The average molecular weight is 576 g/mol. The zero-order valence-corrected chi connectivity index (χ0v) is 23.6. The molecule has 2 aromatic carbocycles. The molecular formula is C31H37N5O6. The number of aliphatic carboxylic acids is 1. The molecule has 4 atom stereocenters. The highest BCUT2D eigenvalue weighted by Crippen LogP contribution is 2.42. The van der Waals surface area contributed by atoms with E-state index in [1.54, 1.807) is 24.5 Å². The van der Waals surface area contributed by atoms with Crippen LogP contribution in [0.4, 0.5) is 11.6 Å². The third kappa shape index (κ3) is 7.48. The first-order chi connectivity index (χ1) is 20.4. The van der Waals surface area contributed by atoms with Crippen LogP contribution in [0.25, 0.3) is 0 Å². The van der Waals surface area contributed by atoms with E-state index in [1.807, 2.05) is 42.5 Å². The van der Waals surface area contributed by atoms with Crippen LogP contribution in [0.3, 0.4) is 0 Å². The van der Waals surface area contributed by atoms with Gasteiger partial charge in [-0.2, -0.15) is 0 Å². The van der Waals surface area contributed by atoms with Crippen LogP contribution >= 0.6 is 0 Å². The molecule has 1 aromatic heterocycles. The van der Waals surface area contributed by atoms with Crippen LogP contribution in [-0.4, -0.2) is 75.8 Å². The van der Waals surface area contributed by atoms with Gasteiger partial charge in [0.05, 0.1) is 25.2 Å². The first kappa shape index (κ1) is 29.6. The summed E-state index contributed by atoms with van der Waals surface area (Å²) in [7, 11) is 0. The van der Waals surface area contributed by atoms with Gasteiger partial charge < -0.3 is 29.9 Å². The zero-order chi connectivity index (χ0) is 29.5. The Balaban J connectivity index is 1.31. The van der Waals surface area contributed by atoms with Crippen LogP contribution in [0, 0.1) is 5.92 Å². The van der Waals surface area contributed by atoms with Gasteiger partial charge in [-0.3, -0.25) is 14.5 Å². The number of carboxylic acids is 1. The van der Waals surface area contributed by atoms with Crippen molar-refractivity contribution in [3.63, 3.8) is 0 Å². The maximum absolute atomic E-state index is 12.3. The highest BCUT2D eigenvalue weighted by molar-refractivity contribution is 5.92. The van der Waals surface area contributed by atoms with Gasteiger partial charge in [0.1, 0.15) is 0 Å². The lowest BCUT2D eigenvalue weighted by Crippen LogP contribution is -2.51. The van der Waals surface area contributed by atoms with Crippen molar-refractivity contribution in [2.24, 2.45) is 5.92 Å². The number of carbonyl (C=O) groups is 2. The van der Waals surface area contributed by atoms with E-state index in [0.29, 0.717) is 5.69 Å². The number of aliphatic hydroxyl groups excluding tert-OH is 1. The van der Waals surface area contributed by atoms with Crippen molar-refractivity contribution in [3.8, 4) is 0 Å². The van der Waals surface area contributed by atoms with Gasteiger partial charge in [-0.05, 0) is 29.3 Å². The minimum absolute atomic E-state index is 0.0271. The Hall–Kier alpha value is -3.90. The standard InChI is InChI=1S/C31H37N5O6/c1-21-26(19-35-14-16-36(17-15-35)31-32-12-3-13-33-31)41-30(42-29(21)23-8-6-22(20-37)7-9-23)24-4-2-5-25(18-24)34-27(38)10-11-28(39)40/h2-9,12-13,18,21,26,29-30,37H,10-11,14-17,19-20H2,1H3,(H,34,38)(H,39,40)/t21-,26+,29+,30+/m0/s1. The molecule has 222 valence electrons. The van der Waals surface area contributed by atoms with Gasteiger partial charge >= 0.3 is 5.97 Å². The summed E-state index contributed by atoms with van der Waals surface area (Å²) in [6.07, 6.45) is 2.11. The van der Waals surface area contributed by atoms with Gasteiger partial charge in [-0.1, -0.05) is 43.3 Å². The first-order valence-electron chi connectivity index (χ1n) is 14.3. The second-order valence-electron chi connectivity index (χ2n) is 10.7. The molecule has 3 aromatic rings. The van der Waals surface area contributed by atoms with Crippen LogP contribution in [0.15, 0.2) is 67.0 Å². The number of aromatic nitrogens is 2. The van der Waals surface area contributed by atoms with E-state index in [-0.39, 0.29) is 43.5 Å². The Morgan fingerprint density at radius 3 is 2.38 bits per heavy atom. The van der Waals surface area contributed by atoms with Gasteiger partial charge in [0.15, 0.2) is 6.29 Å². The third-order valence-electron chi connectivity index (χ3n) is 7.78. The van der Waals surface area contributed by atoms with Crippen LogP contribution < -0.4 is 10.2 Å². The van der Waals surface area contributed by atoms with Gasteiger partial charge in [-0.25, -0.2) is 9.97 Å². The van der Waals surface area contributed by atoms with E-state index in [9.17, 15) is 14.7 Å². The number of carbonyl (C=O) groups excluding carboxylic acids is 1. The lowest BCUT2D eigenvalue weighted by molar-refractivity contribution is -0.276. The lowest BCUT2D eigenvalue weighted by Gasteiger charge is -2.44. The number of anilines is 2. The number of carboxylic acid groups (broad SMARTS) is 1. The van der Waals surface area contributed by atoms with Gasteiger partial charge in [0.25, 0.3) is 0 Å². The summed E-state index contributed by atoms with van der Waals surface area (Å²) in [5.74, 6) is -0.603. The van der Waals surface area contributed by atoms with Gasteiger partial charge in [0, 0.05) is 68.7 Å². The fraction of sp³-hybridized carbons (Fsp3) is 0.419. The lowest BCUT2D eigenvalue weighted by atomic mass is 9.90. The van der Waals surface area contributed by atoms with Crippen molar-refractivity contribution in [2.45, 2.75) is 44.9 Å². The number of aliphatic hydroxyl groups is 1. The van der Waals surface area contributed by atoms with E-state index < -0.39 is 12.3 Å². The summed E-state index contributed by atoms with van der Waals surface area (Å²) < 4.78 is 13.2.